The van der Waals surface area contributed by atoms with Crippen LogP contribution in [0.3, 0.4) is 0 Å². The summed E-state index contributed by atoms with van der Waals surface area (Å²) < 4.78 is 16.0. The van der Waals surface area contributed by atoms with Crippen molar-refractivity contribution < 1.29 is 4.39 Å². The van der Waals surface area contributed by atoms with Gasteiger partial charge in [0, 0.05) is 25.0 Å². The Morgan fingerprint density at radius 2 is 1.86 bits per heavy atom. The number of benzene rings is 1. The highest BCUT2D eigenvalue weighted by atomic mass is 32.2. The molecule has 10 heteroatoms. The van der Waals surface area contributed by atoms with Crippen molar-refractivity contribution >= 4 is 11.8 Å². The topological polar surface area (TPSA) is 87.2 Å². The van der Waals surface area contributed by atoms with Gasteiger partial charge >= 0.3 is 0 Å². The molecule has 0 saturated heterocycles. The summed E-state index contributed by atoms with van der Waals surface area (Å²) in [7, 11) is 1.90. The van der Waals surface area contributed by atoms with Gasteiger partial charge in [0.05, 0.1) is 5.25 Å². The molecule has 142 valence electrons. The van der Waals surface area contributed by atoms with Crippen LogP contribution in [0.1, 0.15) is 23.6 Å². The fraction of sp³-hybridized carbons (Fsp3) is 0.222. The molecule has 0 bridgehead atoms. The Labute approximate surface area is 164 Å². The quantitative estimate of drug-likeness (QED) is 0.479. The van der Waals surface area contributed by atoms with Gasteiger partial charge in [-0.05, 0) is 48.9 Å². The van der Waals surface area contributed by atoms with Crippen LogP contribution in [0.15, 0.2) is 47.9 Å². The van der Waals surface area contributed by atoms with Gasteiger partial charge in [-0.25, -0.2) is 4.39 Å². The number of halogens is 1. The fourth-order valence-corrected chi connectivity index (χ4v) is 3.50. The van der Waals surface area contributed by atoms with Crippen molar-refractivity contribution in [1.82, 2.24) is 40.0 Å². The molecule has 0 spiro atoms. The Morgan fingerprint density at radius 1 is 1.07 bits per heavy atom. The van der Waals surface area contributed by atoms with Crippen molar-refractivity contribution in [3.05, 3.63) is 59.9 Å². The lowest BCUT2D eigenvalue weighted by atomic mass is 10.2. The van der Waals surface area contributed by atoms with Crippen molar-refractivity contribution in [1.29, 1.82) is 0 Å². The number of tetrazole rings is 1. The second-order valence-corrected chi connectivity index (χ2v) is 7.56. The van der Waals surface area contributed by atoms with Crippen molar-refractivity contribution in [3.8, 4) is 17.1 Å². The number of hydrogen-bond donors (Lipinski definition) is 0. The van der Waals surface area contributed by atoms with E-state index in [2.05, 4.69) is 30.6 Å². The molecule has 0 aliphatic heterocycles. The highest BCUT2D eigenvalue weighted by Crippen LogP contribution is 2.33. The minimum atomic E-state index is -0.398. The van der Waals surface area contributed by atoms with Gasteiger partial charge in [0.25, 0.3) is 0 Å². The zero-order valence-corrected chi connectivity index (χ0v) is 16.3. The maximum Gasteiger partial charge on any atom is 0.191 e. The van der Waals surface area contributed by atoms with Gasteiger partial charge in [0.1, 0.15) is 5.69 Å². The van der Waals surface area contributed by atoms with Crippen LogP contribution in [0.25, 0.3) is 17.1 Å². The van der Waals surface area contributed by atoms with Gasteiger partial charge in [-0.2, -0.15) is 0 Å². The van der Waals surface area contributed by atoms with Crippen LogP contribution in [0, 0.1) is 12.7 Å². The first-order chi connectivity index (χ1) is 13.5. The molecule has 1 atom stereocenters. The van der Waals surface area contributed by atoms with Crippen LogP contribution in [-0.4, -0.2) is 40.0 Å². The van der Waals surface area contributed by atoms with Crippen molar-refractivity contribution in [2.24, 2.45) is 7.05 Å². The molecular weight excluding hydrogens is 379 g/mol. The number of aryl methyl sites for hydroxylation is 1. The third kappa shape index (κ3) is 3.50. The molecule has 28 heavy (non-hydrogen) atoms. The van der Waals surface area contributed by atoms with Crippen molar-refractivity contribution in [2.45, 2.75) is 24.3 Å². The average Bonchev–Trinajstić information content (AvgIpc) is 3.32. The Kier molecular flexibility index (Phi) is 4.86. The van der Waals surface area contributed by atoms with Crippen molar-refractivity contribution in [3.63, 3.8) is 0 Å². The maximum absolute atomic E-state index is 14.1. The van der Waals surface area contributed by atoms with E-state index in [1.54, 1.807) is 24.5 Å². The Morgan fingerprint density at radius 3 is 2.64 bits per heavy atom. The summed E-state index contributed by atoms with van der Waals surface area (Å²) in [4.78, 5) is 5.24. The highest BCUT2D eigenvalue weighted by Gasteiger charge is 2.20. The van der Waals surface area contributed by atoms with Gasteiger partial charge in [0.2, 0.25) is 0 Å². The number of nitrogens with zero attached hydrogens (tertiary/aromatic N) is 8. The lowest BCUT2D eigenvalue weighted by molar-refractivity contribution is 0.590. The van der Waals surface area contributed by atoms with E-state index in [-0.39, 0.29) is 10.9 Å². The molecule has 0 amide bonds. The Hall–Kier alpha value is -3.14. The van der Waals surface area contributed by atoms with Crippen LogP contribution >= 0.6 is 11.8 Å². The lowest BCUT2D eigenvalue weighted by Crippen LogP contribution is -2.03. The Balaban J connectivity index is 1.55. The molecule has 0 fully saturated rings. The average molecular weight is 396 g/mol. The van der Waals surface area contributed by atoms with E-state index in [0.717, 1.165) is 22.1 Å². The SMILES string of the molecule is Cc1ccc(F)c(-n2nnc(C(C)Sc3nnc(-c4ccncc4)n3C)n2)c1. The van der Waals surface area contributed by atoms with Crippen LogP contribution in [0.2, 0.25) is 0 Å². The Bertz CT molecular complexity index is 1110. The summed E-state index contributed by atoms with van der Waals surface area (Å²) in [5.41, 5.74) is 2.12. The van der Waals surface area contributed by atoms with E-state index in [9.17, 15) is 4.39 Å². The number of hydrogen-bond acceptors (Lipinski definition) is 7. The van der Waals surface area contributed by atoms with E-state index < -0.39 is 5.82 Å². The van der Waals surface area contributed by atoms with E-state index in [0.29, 0.717) is 5.82 Å². The minimum Gasteiger partial charge on any atom is -0.305 e. The predicted octanol–water partition coefficient (Wildman–Crippen LogP) is 3.15. The first-order valence-electron chi connectivity index (χ1n) is 8.56. The summed E-state index contributed by atoms with van der Waals surface area (Å²) in [5, 5.41) is 21.5. The smallest absolute Gasteiger partial charge is 0.191 e. The van der Waals surface area contributed by atoms with Gasteiger partial charge in [0.15, 0.2) is 22.6 Å². The highest BCUT2D eigenvalue weighted by molar-refractivity contribution is 7.99. The minimum absolute atomic E-state index is 0.144. The molecule has 0 aliphatic rings. The van der Waals surface area contributed by atoms with Crippen molar-refractivity contribution in [2.75, 3.05) is 0 Å². The zero-order chi connectivity index (χ0) is 19.7. The molecule has 0 aliphatic carbocycles. The maximum atomic E-state index is 14.1. The summed E-state index contributed by atoms with van der Waals surface area (Å²) in [6.45, 7) is 3.83. The molecule has 1 unspecified atom stereocenters. The molecule has 0 saturated carbocycles. The first kappa shape index (κ1) is 18.2. The van der Waals surface area contributed by atoms with Crippen LogP contribution in [0.4, 0.5) is 4.39 Å². The van der Waals surface area contributed by atoms with E-state index >= 15 is 0 Å². The molecule has 4 rings (SSSR count). The second kappa shape index (κ2) is 7.47. The summed E-state index contributed by atoms with van der Waals surface area (Å²) in [6.07, 6.45) is 3.43. The van der Waals surface area contributed by atoms with E-state index in [1.807, 2.05) is 37.6 Å². The van der Waals surface area contributed by atoms with E-state index in [4.69, 9.17) is 0 Å². The zero-order valence-electron chi connectivity index (χ0n) is 15.5. The number of pyridine rings is 1. The second-order valence-electron chi connectivity index (χ2n) is 6.25. The largest absolute Gasteiger partial charge is 0.305 e. The van der Waals surface area contributed by atoms with Gasteiger partial charge in [-0.3, -0.25) is 4.98 Å². The molecule has 3 aromatic heterocycles. The van der Waals surface area contributed by atoms with Crippen LogP contribution < -0.4 is 0 Å². The first-order valence-corrected chi connectivity index (χ1v) is 9.44. The molecule has 8 nitrogen and oxygen atoms in total. The van der Waals surface area contributed by atoms with Crippen LogP contribution in [-0.2, 0) is 7.05 Å². The third-order valence-electron chi connectivity index (χ3n) is 4.17. The number of aromatic nitrogens is 8. The molecule has 1 aromatic carbocycles. The standard InChI is InChI=1S/C18H17FN8S/c1-11-4-5-14(19)15(10-11)27-24-16(21-25-27)12(2)28-18-23-22-17(26(18)3)13-6-8-20-9-7-13/h4-10,12H,1-3H3. The third-order valence-corrected chi connectivity index (χ3v) is 5.30. The molecule has 3 heterocycles. The molecule has 0 N–H and O–H groups in total. The molecule has 4 aromatic rings. The normalized spacial score (nSPS) is 12.3. The van der Waals surface area contributed by atoms with Gasteiger partial charge < -0.3 is 4.57 Å². The molecule has 0 radical (unpaired) electrons. The number of rotatable bonds is 5. The predicted molar refractivity (Wildman–Crippen MR) is 102 cm³/mol. The summed E-state index contributed by atoms with van der Waals surface area (Å²) >= 11 is 1.46. The monoisotopic (exact) mass is 396 g/mol. The van der Waals surface area contributed by atoms with Crippen LogP contribution in [0.5, 0.6) is 0 Å². The lowest BCUT2D eigenvalue weighted by Gasteiger charge is -2.07. The molecular formula is C18H17FN8S. The van der Waals surface area contributed by atoms with E-state index in [1.165, 1.54) is 22.6 Å². The van der Waals surface area contributed by atoms with Gasteiger partial charge in [-0.1, -0.05) is 17.8 Å². The van der Waals surface area contributed by atoms with Gasteiger partial charge in [-0.15, -0.1) is 25.2 Å². The summed E-state index contributed by atoms with van der Waals surface area (Å²) in [5.74, 6) is 0.833. The number of thioether (sulfide) groups is 1. The fourth-order valence-electron chi connectivity index (χ4n) is 2.65. The summed E-state index contributed by atoms with van der Waals surface area (Å²) in [6, 6.07) is 8.54.